The molecule has 2 atom stereocenters. The largest absolute Gasteiger partial charge is 0.318 e. The molecule has 8 heavy (non-hydrogen) atoms. The van der Waals surface area contributed by atoms with E-state index in [1.165, 1.54) is 0 Å². The van der Waals surface area contributed by atoms with Gasteiger partial charge in [0.15, 0.2) is 6.79 Å². The summed E-state index contributed by atoms with van der Waals surface area (Å²) in [6.07, 6.45) is 0. The molecule has 3 nitrogen and oxygen atoms in total. The van der Waals surface area contributed by atoms with E-state index in [0.717, 1.165) is 0 Å². The van der Waals surface area contributed by atoms with E-state index in [9.17, 15) is 0 Å². The van der Waals surface area contributed by atoms with Crippen molar-refractivity contribution in [1.29, 1.82) is 0 Å². The van der Waals surface area contributed by atoms with Crippen molar-refractivity contribution in [3.63, 3.8) is 0 Å². The Balaban J connectivity index is 2.26. The van der Waals surface area contributed by atoms with Gasteiger partial charge in [-0.25, -0.2) is 0 Å². The summed E-state index contributed by atoms with van der Waals surface area (Å²) < 4.78 is 15.2. The number of hydrogen-bond donors (Lipinski definition) is 0. The van der Waals surface area contributed by atoms with E-state index >= 15 is 0 Å². The van der Waals surface area contributed by atoms with Crippen LogP contribution in [0.5, 0.6) is 0 Å². The average Bonchev–Trinajstić information content (AvgIpc) is 2.00. The average molecular weight is 116 g/mol. The number of fused-ring (bicyclic) bond motifs is 1. The van der Waals surface area contributed by atoms with E-state index in [-0.39, 0.29) is 0 Å². The summed E-state index contributed by atoms with van der Waals surface area (Å²) in [5, 5.41) is 0. The first-order valence-electron chi connectivity index (χ1n) is 2.64. The summed E-state index contributed by atoms with van der Waals surface area (Å²) in [6.45, 7) is 4.12. The van der Waals surface area contributed by atoms with Crippen LogP contribution in [0.15, 0.2) is 0 Å². The molecule has 2 saturated heterocycles. The standard InChI is InChI=1S/C5H8O3/c1-4-5(2,8-4)7-3-6-4/h3H2,1-2H3. The lowest BCUT2D eigenvalue weighted by atomic mass is 10.3. The highest BCUT2D eigenvalue weighted by Crippen LogP contribution is 2.53. The van der Waals surface area contributed by atoms with E-state index < -0.39 is 11.6 Å². The van der Waals surface area contributed by atoms with Crippen LogP contribution < -0.4 is 0 Å². The van der Waals surface area contributed by atoms with Crippen LogP contribution in [0, 0.1) is 0 Å². The summed E-state index contributed by atoms with van der Waals surface area (Å²) >= 11 is 0. The fourth-order valence-corrected chi connectivity index (χ4v) is 0.922. The second-order valence-electron chi connectivity index (χ2n) is 2.40. The van der Waals surface area contributed by atoms with E-state index in [1.807, 2.05) is 13.8 Å². The Morgan fingerprint density at radius 1 is 1.12 bits per heavy atom. The number of epoxide rings is 1. The van der Waals surface area contributed by atoms with Crippen molar-refractivity contribution in [3.05, 3.63) is 0 Å². The van der Waals surface area contributed by atoms with Crippen molar-refractivity contribution >= 4 is 0 Å². The van der Waals surface area contributed by atoms with Gasteiger partial charge in [-0.1, -0.05) is 0 Å². The first-order chi connectivity index (χ1) is 3.66. The number of ether oxygens (including phenoxy) is 3. The fourth-order valence-electron chi connectivity index (χ4n) is 0.922. The van der Waals surface area contributed by atoms with Gasteiger partial charge in [0.25, 0.3) is 0 Å². The lowest BCUT2D eigenvalue weighted by molar-refractivity contribution is -0.141. The molecular weight excluding hydrogens is 108 g/mol. The third-order valence-corrected chi connectivity index (χ3v) is 1.84. The third-order valence-electron chi connectivity index (χ3n) is 1.84. The van der Waals surface area contributed by atoms with Crippen LogP contribution in [0.25, 0.3) is 0 Å². The van der Waals surface area contributed by atoms with Gasteiger partial charge in [0, 0.05) is 0 Å². The molecule has 2 rings (SSSR count). The van der Waals surface area contributed by atoms with Gasteiger partial charge in [-0.05, 0) is 13.8 Å². The smallest absolute Gasteiger partial charge is 0.225 e. The van der Waals surface area contributed by atoms with E-state index in [0.29, 0.717) is 6.79 Å². The van der Waals surface area contributed by atoms with E-state index in [1.54, 1.807) is 0 Å². The lowest BCUT2D eigenvalue weighted by Crippen LogP contribution is -2.13. The third kappa shape index (κ3) is 0.321. The van der Waals surface area contributed by atoms with Crippen molar-refractivity contribution in [2.45, 2.75) is 25.4 Å². The molecule has 2 heterocycles. The molecule has 3 heteroatoms. The molecule has 0 N–H and O–H groups in total. The molecule has 0 radical (unpaired) electrons. The van der Waals surface area contributed by atoms with Gasteiger partial charge in [0.1, 0.15) is 0 Å². The Kier molecular flexibility index (Phi) is 0.558. The van der Waals surface area contributed by atoms with Crippen LogP contribution in [0.2, 0.25) is 0 Å². The Labute approximate surface area is 47.5 Å². The molecule has 0 spiro atoms. The SMILES string of the molecule is CC12OCOC1(C)O2. The van der Waals surface area contributed by atoms with Crippen molar-refractivity contribution in [1.82, 2.24) is 0 Å². The van der Waals surface area contributed by atoms with Crippen molar-refractivity contribution in [2.75, 3.05) is 6.79 Å². The van der Waals surface area contributed by atoms with Gasteiger partial charge >= 0.3 is 0 Å². The van der Waals surface area contributed by atoms with Crippen LogP contribution in [0.4, 0.5) is 0 Å². The van der Waals surface area contributed by atoms with Gasteiger partial charge in [0.2, 0.25) is 11.6 Å². The monoisotopic (exact) mass is 116 g/mol. The summed E-state index contributed by atoms with van der Waals surface area (Å²) in [5.41, 5.74) is 0. The molecule has 2 unspecified atom stereocenters. The predicted octanol–water partition coefficient (Wildman–Crippen LogP) is 0.453. The Morgan fingerprint density at radius 3 is 1.75 bits per heavy atom. The Hall–Kier alpha value is -0.120. The zero-order chi connectivity index (χ0) is 5.83. The first-order valence-corrected chi connectivity index (χ1v) is 2.64. The van der Waals surface area contributed by atoms with Crippen LogP contribution >= 0.6 is 0 Å². The molecule has 0 aromatic rings. The van der Waals surface area contributed by atoms with E-state index in [2.05, 4.69) is 0 Å². The minimum Gasteiger partial charge on any atom is -0.318 e. The van der Waals surface area contributed by atoms with Crippen molar-refractivity contribution in [3.8, 4) is 0 Å². The second kappa shape index (κ2) is 0.943. The normalized spacial score (nSPS) is 60.8. The van der Waals surface area contributed by atoms with Crippen molar-refractivity contribution in [2.24, 2.45) is 0 Å². The zero-order valence-electron chi connectivity index (χ0n) is 4.93. The minimum atomic E-state index is -0.424. The van der Waals surface area contributed by atoms with Crippen LogP contribution in [0.3, 0.4) is 0 Å². The molecule has 0 aliphatic carbocycles. The zero-order valence-corrected chi connectivity index (χ0v) is 4.93. The van der Waals surface area contributed by atoms with Gasteiger partial charge < -0.3 is 14.2 Å². The summed E-state index contributed by atoms with van der Waals surface area (Å²) in [6, 6.07) is 0. The summed E-state index contributed by atoms with van der Waals surface area (Å²) in [5.74, 6) is -0.847. The molecule has 0 amide bonds. The molecule has 2 fully saturated rings. The molecule has 0 aromatic carbocycles. The van der Waals surface area contributed by atoms with Gasteiger partial charge in [-0.15, -0.1) is 0 Å². The molecule has 0 saturated carbocycles. The molecule has 0 aromatic heterocycles. The topological polar surface area (TPSA) is 31.0 Å². The lowest BCUT2D eigenvalue weighted by Gasteiger charge is -1.95. The fraction of sp³-hybridized carbons (Fsp3) is 1.00. The molecule has 2 aliphatic heterocycles. The van der Waals surface area contributed by atoms with Crippen LogP contribution in [0.1, 0.15) is 13.8 Å². The quantitative estimate of drug-likeness (QED) is 0.430. The predicted molar refractivity (Wildman–Crippen MR) is 24.9 cm³/mol. The maximum Gasteiger partial charge on any atom is 0.225 e. The van der Waals surface area contributed by atoms with E-state index in [4.69, 9.17) is 14.2 Å². The molecule has 46 valence electrons. The van der Waals surface area contributed by atoms with Gasteiger partial charge in [-0.3, -0.25) is 0 Å². The van der Waals surface area contributed by atoms with Gasteiger partial charge in [0.05, 0.1) is 0 Å². The maximum atomic E-state index is 5.08. The maximum absolute atomic E-state index is 5.08. The Bertz CT molecular complexity index is 114. The molecule has 0 bridgehead atoms. The Morgan fingerprint density at radius 2 is 1.62 bits per heavy atom. The highest BCUT2D eigenvalue weighted by Gasteiger charge is 2.71. The van der Waals surface area contributed by atoms with Crippen molar-refractivity contribution < 1.29 is 14.2 Å². The highest BCUT2D eigenvalue weighted by molar-refractivity contribution is 4.98. The minimum absolute atomic E-state index is 0.368. The first kappa shape index (κ1) is 4.73. The van der Waals surface area contributed by atoms with Crippen LogP contribution in [-0.4, -0.2) is 18.4 Å². The van der Waals surface area contributed by atoms with Gasteiger partial charge in [-0.2, -0.15) is 0 Å². The number of rotatable bonds is 0. The summed E-state index contributed by atoms with van der Waals surface area (Å²) in [7, 11) is 0. The molecule has 2 aliphatic rings. The highest BCUT2D eigenvalue weighted by atomic mass is 17.0. The number of hydrogen-bond acceptors (Lipinski definition) is 3. The summed E-state index contributed by atoms with van der Waals surface area (Å²) in [4.78, 5) is 0. The van der Waals surface area contributed by atoms with Crippen LogP contribution in [-0.2, 0) is 14.2 Å². The molecular formula is C5H8O3. The second-order valence-corrected chi connectivity index (χ2v) is 2.40.